The Morgan fingerprint density at radius 3 is 2.47 bits per heavy atom. The molecule has 0 fully saturated rings. The van der Waals surface area contributed by atoms with E-state index in [-0.39, 0.29) is 6.61 Å². The predicted octanol–water partition coefficient (Wildman–Crippen LogP) is 3.69. The quantitative estimate of drug-likeness (QED) is 0.469. The van der Waals surface area contributed by atoms with Gasteiger partial charge in [0.2, 0.25) is 0 Å². The fraction of sp³-hybridized carbons (Fsp3) is 0.304. The third-order valence-electron chi connectivity index (χ3n) is 5.45. The summed E-state index contributed by atoms with van der Waals surface area (Å²) in [6.45, 7) is 2.18. The first-order valence-electron chi connectivity index (χ1n) is 10.3. The molecule has 2 heterocycles. The van der Waals surface area contributed by atoms with Crippen molar-refractivity contribution in [1.29, 1.82) is 0 Å². The minimum atomic E-state index is 0.00162. The van der Waals surface area contributed by atoms with Gasteiger partial charge < -0.3 is 5.11 Å². The third kappa shape index (κ3) is 4.02. The van der Waals surface area contributed by atoms with Crippen LogP contribution in [0.1, 0.15) is 42.3 Å². The van der Waals surface area contributed by atoms with Gasteiger partial charge in [0.25, 0.3) is 0 Å². The number of hydrogen-bond acceptors (Lipinski definition) is 5. The van der Waals surface area contributed by atoms with Crippen LogP contribution in [0.3, 0.4) is 0 Å². The van der Waals surface area contributed by atoms with E-state index in [1.54, 1.807) is 0 Å². The van der Waals surface area contributed by atoms with Crippen LogP contribution in [0.4, 0.5) is 0 Å². The Bertz CT molecular complexity index is 1100. The van der Waals surface area contributed by atoms with Gasteiger partial charge in [-0.25, -0.2) is 5.10 Å². The molecule has 0 spiro atoms. The lowest BCUT2D eigenvalue weighted by atomic mass is 9.95. The lowest BCUT2D eigenvalue weighted by Crippen LogP contribution is -2.01. The largest absolute Gasteiger partial charge is 0.390 e. The molecule has 0 bridgehead atoms. The molecule has 0 atom stereocenters. The highest BCUT2D eigenvalue weighted by Gasteiger charge is 2.16. The molecule has 0 amide bonds. The first kappa shape index (κ1) is 20.0. The lowest BCUT2D eigenvalue weighted by molar-refractivity contribution is 0.269. The Labute approximate surface area is 175 Å². The average Bonchev–Trinajstić information content (AvgIpc) is 3.41. The maximum absolute atomic E-state index is 9.85. The number of benzene rings is 2. The first-order valence-corrected chi connectivity index (χ1v) is 10.3. The van der Waals surface area contributed by atoms with Gasteiger partial charge in [0, 0.05) is 24.6 Å². The molecule has 30 heavy (non-hydrogen) atoms. The summed E-state index contributed by atoms with van der Waals surface area (Å²) in [5, 5.41) is 28.8. The summed E-state index contributed by atoms with van der Waals surface area (Å²) in [5.74, 6) is 0.651. The van der Waals surface area contributed by atoms with E-state index in [4.69, 9.17) is 0 Å². The second-order valence-electron chi connectivity index (χ2n) is 7.43. The molecule has 0 saturated heterocycles. The maximum atomic E-state index is 9.85. The molecular formula is C23H26N6O. The summed E-state index contributed by atoms with van der Waals surface area (Å²) in [7, 11) is 1.91. The fourth-order valence-electron chi connectivity index (χ4n) is 3.83. The van der Waals surface area contributed by atoms with E-state index in [0.717, 1.165) is 59.3 Å². The number of nitrogens with one attached hydrogen (secondary N) is 1. The molecule has 4 rings (SSSR count). The Balaban J connectivity index is 1.62. The minimum absolute atomic E-state index is 0.00162. The molecule has 2 aromatic heterocycles. The predicted molar refractivity (Wildman–Crippen MR) is 116 cm³/mol. The number of tetrazole rings is 1. The second-order valence-corrected chi connectivity index (χ2v) is 7.43. The van der Waals surface area contributed by atoms with Gasteiger partial charge in [0.1, 0.15) is 0 Å². The average molecular weight is 403 g/mol. The van der Waals surface area contributed by atoms with Crippen molar-refractivity contribution in [2.75, 3.05) is 0 Å². The van der Waals surface area contributed by atoms with Crippen LogP contribution < -0.4 is 0 Å². The van der Waals surface area contributed by atoms with Crippen molar-refractivity contribution >= 4 is 0 Å². The Morgan fingerprint density at radius 1 is 1.03 bits per heavy atom. The number of aromatic amines is 1. The van der Waals surface area contributed by atoms with E-state index < -0.39 is 0 Å². The highest BCUT2D eigenvalue weighted by atomic mass is 16.3. The molecule has 2 aromatic carbocycles. The topological polar surface area (TPSA) is 92.5 Å². The minimum Gasteiger partial charge on any atom is -0.390 e. The van der Waals surface area contributed by atoms with Crippen LogP contribution in [0.5, 0.6) is 0 Å². The Kier molecular flexibility index (Phi) is 5.99. The van der Waals surface area contributed by atoms with Gasteiger partial charge in [-0.15, -0.1) is 5.10 Å². The number of aromatic nitrogens is 6. The molecule has 0 aliphatic rings. The van der Waals surface area contributed by atoms with Crippen molar-refractivity contribution in [3.63, 3.8) is 0 Å². The summed E-state index contributed by atoms with van der Waals surface area (Å²) in [6.07, 6.45) is 3.92. The van der Waals surface area contributed by atoms with Crippen molar-refractivity contribution < 1.29 is 5.11 Å². The molecule has 0 saturated carbocycles. The van der Waals surface area contributed by atoms with Crippen LogP contribution in [0.15, 0.2) is 48.5 Å². The summed E-state index contributed by atoms with van der Waals surface area (Å²) in [4.78, 5) is 0. The molecule has 0 unspecified atom stereocenters. The van der Waals surface area contributed by atoms with Gasteiger partial charge in [-0.2, -0.15) is 5.10 Å². The first-order chi connectivity index (χ1) is 14.7. The highest BCUT2D eigenvalue weighted by molar-refractivity contribution is 5.80. The monoisotopic (exact) mass is 402 g/mol. The van der Waals surface area contributed by atoms with Crippen molar-refractivity contribution in [3.8, 4) is 22.5 Å². The van der Waals surface area contributed by atoms with Gasteiger partial charge in [-0.1, -0.05) is 61.9 Å². The molecule has 0 aliphatic carbocycles. The molecule has 2 N–H and O–H groups in total. The van der Waals surface area contributed by atoms with E-state index in [1.165, 1.54) is 5.56 Å². The van der Waals surface area contributed by atoms with E-state index in [2.05, 4.69) is 63.0 Å². The summed E-state index contributed by atoms with van der Waals surface area (Å²) in [6, 6.07) is 16.6. The van der Waals surface area contributed by atoms with Gasteiger partial charge >= 0.3 is 0 Å². The molecule has 7 heteroatoms. The van der Waals surface area contributed by atoms with Crippen molar-refractivity contribution in [1.82, 2.24) is 30.4 Å². The number of aliphatic hydroxyl groups excluding tert-OH is 1. The van der Waals surface area contributed by atoms with Crippen LogP contribution in [0, 0.1) is 0 Å². The van der Waals surface area contributed by atoms with Crippen LogP contribution in [-0.2, 0) is 26.5 Å². The summed E-state index contributed by atoms with van der Waals surface area (Å²) < 4.78 is 1.82. The van der Waals surface area contributed by atoms with E-state index in [1.807, 2.05) is 29.9 Å². The van der Waals surface area contributed by atoms with Gasteiger partial charge in [0.05, 0.1) is 18.0 Å². The molecule has 0 radical (unpaired) electrons. The Morgan fingerprint density at radius 2 is 1.80 bits per heavy atom. The SMILES string of the molecule is CCCCc1nn(C)c(CO)c1Cc1ccc(-c2ccccc2-c2nnn[nH]2)cc1. The summed E-state index contributed by atoms with van der Waals surface area (Å²) >= 11 is 0. The number of aliphatic hydroxyl groups is 1. The number of nitrogens with zero attached hydrogens (tertiary/aromatic N) is 5. The summed E-state index contributed by atoms with van der Waals surface area (Å²) in [5.41, 5.74) is 7.47. The second kappa shape index (κ2) is 9.00. The van der Waals surface area contributed by atoms with Gasteiger partial charge in [0.15, 0.2) is 5.82 Å². The zero-order valence-electron chi connectivity index (χ0n) is 17.3. The lowest BCUT2D eigenvalue weighted by Gasteiger charge is -2.09. The number of rotatable bonds is 8. The van der Waals surface area contributed by atoms with Crippen molar-refractivity contribution in [2.45, 2.75) is 39.2 Å². The molecule has 7 nitrogen and oxygen atoms in total. The number of aryl methyl sites for hydroxylation is 2. The highest BCUT2D eigenvalue weighted by Crippen LogP contribution is 2.30. The molecular weight excluding hydrogens is 376 g/mol. The van der Waals surface area contributed by atoms with E-state index in [0.29, 0.717) is 5.82 Å². The zero-order chi connectivity index (χ0) is 20.9. The zero-order valence-corrected chi connectivity index (χ0v) is 17.3. The normalized spacial score (nSPS) is 11.2. The van der Waals surface area contributed by atoms with Crippen LogP contribution in [0.25, 0.3) is 22.5 Å². The molecule has 4 aromatic rings. The van der Waals surface area contributed by atoms with Crippen molar-refractivity contribution in [2.24, 2.45) is 7.05 Å². The van der Waals surface area contributed by atoms with Crippen LogP contribution in [-0.4, -0.2) is 35.5 Å². The van der Waals surface area contributed by atoms with E-state index >= 15 is 0 Å². The number of unbranched alkanes of at least 4 members (excludes halogenated alkanes) is 1. The number of hydrogen-bond donors (Lipinski definition) is 2. The molecule has 154 valence electrons. The maximum Gasteiger partial charge on any atom is 0.180 e. The Hall–Kier alpha value is -3.32. The van der Waals surface area contributed by atoms with Crippen LogP contribution >= 0.6 is 0 Å². The smallest absolute Gasteiger partial charge is 0.180 e. The van der Waals surface area contributed by atoms with Crippen molar-refractivity contribution in [3.05, 3.63) is 71.0 Å². The number of H-pyrrole nitrogens is 1. The third-order valence-corrected chi connectivity index (χ3v) is 5.45. The van der Waals surface area contributed by atoms with Gasteiger partial charge in [-0.05, 0) is 40.0 Å². The fourth-order valence-corrected chi connectivity index (χ4v) is 3.83. The van der Waals surface area contributed by atoms with Gasteiger partial charge in [-0.3, -0.25) is 4.68 Å². The standard InChI is InChI=1S/C23H26N6O/c1-3-4-9-21-20(22(15-30)29(2)26-21)14-16-10-12-17(13-11-16)18-7-5-6-8-19(18)23-24-27-28-25-23/h5-8,10-13,30H,3-4,9,14-15H2,1-2H3,(H,24,25,27,28). The molecule has 0 aliphatic heterocycles. The van der Waals surface area contributed by atoms with Crippen LogP contribution in [0.2, 0.25) is 0 Å². The van der Waals surface area contributed by atoms with E-state index in [9.17, 15) is 5.11 Å².